The number of benzene rings is 1. The smallest absolute Gasteiger partial charge is 0.240 e. The summed E-state index contributed by atoms with van der Waals surface area (Å²) in [7, 11) is -2.00. The fourth-order valence-electron chi connectivity index (χ4n) is 1.93. The Kier molecular flexibility index (Phi) is 9.36. The van der Waals surface area contributed by atoms with Gasteiger partial charge in [0.25, 0.3) is 0 Å². The fourth-order valence-corrected chi connectivity index (χ4v) is 3.01. The Labute approximate surface area is 145 Å². The molecule has 8 heteroatoms. The molecule has 0 radical (unpaired) electrons. The largest absolute Gasteiger partial charge is 0.383 e. The molecule has 0 aromatic heterocycles. The minimum Gasteiger partial charge on any atom is -0.383 e. The number of ether oxygens (including phenoxy) is 1. The van der Waals surface area contributed by atoms with Crippen LogP contribution in [0.2, 0.25) is 0 Å². The van der Waals surface area contributed by atoms with Crippen molar-refractivity contribution in [2.75, 3.05) is 33.4 Å². The van der Waals surface area contributed by atoms with Crippen molar-refractivity contribution in [2.45, 2.75) is 31.7 Å². The Bertz CT molecular complexity index is 618. The van der Waals surface area contributed by atoms with Gasteiger partial charge in [-0.25, -0.2) is 18.1 Å². The van der Waals surface area contributed by atoms with Crippen LogP contribution in [0.1, 0.15) is 25.8 Å². The molecule has 24 heavy (non-hydrogen) atoms. The first-order chi connectivity index (χ1) is 11.5. The lowest BCUT2D eigenvalue weighted by molar-refractivity contribution is 0.204. The molecule has 136 valence electrons. The standard InChI is InChI=1S/C16H28N4O3S/c1-4-9-18-16(17-5-2)19-13-14-7-6-8-15(12-14)24(21,22)20-10-11-23-3/h6-8,12,20H,4-5,9-11,13H2,1-3H3,(H2,17,18,19). The number of hydrogen-bond acceptors (Lipinski definition) is 4. The molecule has 3 N–H and O–H groups in total. The van der Waals surface area contributed by atoms with Crippen LogP contribution in [-0.4, -0.2) is 47.7 Å². The van der Waals surface area contributed by atoms with E-state index in [9.17, 15) is 8.42 Å². The maximum absolute atomic E-state index is 12.2. The molecule has 7 nitrogen and oxygen atoms in total. The van der Waals surface area contributed by atoms with Crippen LogP contribution >= 0.6 is 0 Å². The molecule has 0 saturated carbocycles. The lowest BCUT2D eigenvalue weighted by atomic mass is 10.2. The highest BCUT2D eigenvalue weighted by molar-refractivity contribution is 7.89. The Morgan fingerprint density at radius 2 is 2.00 bits per heavy atom. The van der Waals surface area contributed by atoms with Crippen LogP contribution in [0, 0.1) is 0 Å². The van der Waals surface area contributed by atoms with Crippen molar-refractivity contribution in [1.82, 2.24) is 15.4 Å². The van der Waals surface area contributed by atoms with Gasteiger partial charge in [-0.05, 0) is 31.0 Å². The monoisotopic (exact) mass is 356 g/mol. The van der Waals surface area contributed by atoms with E-state index in [2.05, 4.69) is 27.3 Å². The summed E-state index contributed by atoms with van der Waals surface area (Å²) in [6.07, 6.45) is 1.01. The number of nitrogens with one attached hydrogen (secondary N) is 3. The number of aliphatic imine (C=N–C) groups is 1. The van der Waals surface area contributed by atoms with Gasteiger partial charge < -0.3 is 15.4 Å². The molecular weight excluding hydrogens is 328 g/mol. The highest BCUT2D eigenvalue weighted by Crippen LogP contribution is 2.12. The highest BCUT2D eigenvalue weighted by Gasteiger charge is 2.13. The zero-order valence-corrected chi connectivity index (χ0v) is 15.4. The molecule has 1 rings (SSSR count). The van der Waals surface area contributed by atoms with Gasteiger partial charge in [0.05, 0.1) is 18.0 Å². The maximum Gasteiger partial charge on any atom is 0.240 e. The van der Waals surface area contributed by atoms with Crippen molar-refractivity contribution in [3.05, 3.63) is 29.8 Å². The van der Waals surface area contributed by atoms with E-state index in [1.807, 2.05) is 13.0 Å². The predicted octanol–water partition coefficient (Wildman–Crippen LogP) is 1.08. The number of methoxy groups -OCH3 is 1. The van der Waals surface area contributed by atoms with Gasteiger partial charge in [-0.2, -0.15) is 0 Å². The van der Waals surface area contributed by atoms with Crippen LogP contribution in [0.5, 0.6) is 0 Å². The van der Waals surface area contributed by atoms with Crippen molar-refractivity contribution >= 4 is 16.0 Å². The van der Waals surface area contributed by atoms with Crippen molar-refractivity contribution in [2.24, 2.45) is 4.99 Å². The summed E-state index contributed by atoms with van der Waals surface area (Å²) in [6.45, 7) is 6.67. The molecule has 1 aromatic rings. The van der Waals surface area contributed by atoms with E-state index in [0.29, 0.717) is 13.2 Å². The second-order valence-corrected chi connectivity index (χ2v) is 6.93. The summed E-state index contributed by atoms with van der Waals surface area (Å²) in [5.74, 6) is 0.728. The number of nitrogens with zero attached hydrogens (tertiary/aromatic N) is 1. The van der Waals surface area contributed by atoms with E-state index in [-0.39, 0.29) is 11.4 Å². The van der Waals surface area contributed by atoms with Crippen molar-refractivity contribution in [1.29, 1.82) is 0 Å². The zero-order valence-electron chi connectivity index (χ0n) is 14.6. The third kappa shape index (κ3) is 7.29. The van der Waals surface area contributed by atoms with Gasteiger partial charge in [-0.3, -0.25) is 0 Å². The minimum atomic E-state index is -3.53. The third-order valence-electron chi connectivity index (χ3n) is 3.11. The lowest BCUT2D eigenvalue weighted by Gasteiger charge is -2.11. The zero-order chi connectivity index (χ0) is 17.8. The fraction of sp³-hybridized carbons (Fsp3) is 0.562. The number of rotatable bonds is 10. The summed E-state index contributed by atoms with van der Waals surface area (Å²) in [5, 5.41) is 6.38. The van der Waals surface area contributed by atoms with Gasteiger partial charge in [0.15, 0.2) is 5.96 Å². The topological polar surface area (TPSA) is 91.8 Å². The summed E-state index contributed by atoms with van der Waals surface area (Å²) >= 11 is 0. The highest BCUT2D eigenvalue weighted by atomic mass is 32.2. The Hall–Kier alpha value is -1.64. The number of hydrogen-bond donors (Lipinski definition) is 3. The molecule has 0 unspecified atom stereocenters. The first-order valence-electron chi connectivity index (χ1n) is 8.13. The van der Waals surface area contributed by atoms with E-state index in [1.54, 1.807) is 18.2 Å². The van der Waals surface area contributed by atoms with Crippen molar-refractivity contribution in [3.8, 4) is 0 Å². The van der Waals surface area contributed by atoms with E-state index >= 15 is 0 Å². The normalized spacial score (nSPS) is 12.2. The van der Waals surface area contributed by atoms with E-state index in [0.717, 1.165) is 31.0 Å². The summed E-state index contributed by atoms with van der Waals surface area (Å²) in [5.41, 5.74) is 0.832. The van der Waals surface area contributed by atoms with Crippen LogP contribution in [0.15, 0.2) is 34.2 Å². The summed E-state index contributed by atoms with van der Waals surface area (Å²) < 4.78 is 31.8. The third-order valence-corrected chi connectivity index (χ3v) is 4.57. The molecule has 0 aliphatic heterocycles. The SMILES string of the molecule is CCCNC(=NCc1cccc(S(=O)(=O)NCCOC)c1)NCC. The summed E-state index contributed by atoms with van der Waals surface area (Å²) in [4.78, 5) is 4.71. The molecule has 0 spiro atoms. The number of guanidine groups is 1. The van der Waals surface area contributed by atoms with Crippen LogP contribution < -0.4 is 15.4 Å². The lowest BCUT2D eigenvalue weighted by Crippen LogP contribution is -2.37. The molecule has 0 fully saturated rings. The number of sulfonamides is 1. The first-order valence-corrected chi connectivity index (χ1v) is 9.61. The van der Waals surface area contributed by atoms with Crippen molar-refractivity contribution in [3.63, 3.8) is 0 Å². The van der Waals surface area contributed by atoms with E-state index in [4.69, 9.17) is 4.74 Å². The predicted molar refractivity (Wildman–Crippen MR) is 96.6 cm³/mol. The van der Waals surface area contributed by atoms with E-state index in [1.165, 1.54) is 7.11 Å². The molecule has 0 aliphatic carbocycles. The van der Waals surface area contributed by atoms with Crippen molar-refractivity contribution < 1.29 is 13.2 Å². The molecule has 0 atom stereocenters. The molecule has 0 aliphatic rings. The van der Waals surface area contributed by atoms with Gasteiger partial charge in [-0.1, -0.05) is 19.1 Å². The molecule has 0 heterocycles. The average molecular weight is 356 g/mol. The second-order valence-electron chi connectivity index (χ2n) is 5.16. The quantitative estimate of drug-likeness (QED) is 0.331. The minimum absolute atomic E-state index is 0.234. The van der Waals surface area contributed by atoms with Gasteiger partial charge in [-0.15, -0.1) is 0 Å². The van der Waals surface area contributed by atoms with Gasteiger partial charge in [0.1, 0.15) is 0 Å². The van der Waals surface area contributed by atoms with Gasteiger partial charge >= 0.3 is 0 Å². The second kappa shape index (κ2) is 11.0. The average Bonchev–Trinajstić information content (AvgIpc) is 2.58. The molecule has 1 aromatic carbocycles. The Morgan fingerprint density at radius 3 is 2.67 bits per heavy atom. The first kappa shape index (κ1) is 20.4. The maximum atomic E-state index is 12.2. The Morgan fingerprint density at radius 1 is 1.21 bits per heavy atom. The molecule has 0 bridgehead atoms. The Balaban J connectivity index is 2.80. The molecule has 0 amide bonds. The van der Waals surface area contributed by atoms with E-state index < -0.39 is 10.0 Å². The van der Waals surface area contributed by atoms with Crippen LogP contribution in [0.3, 0.4) is 0 Å². The van der Waals surface area contributed by atoms with Crippen LogP contribution in [-0.2, 0) is 21.3 Å². The van der Waals surface area contributed by atoms with Gasteiger partial charge in [0.2, 0.25) is 10.0 Å². The van der Waals surface area contributed by atoms with Crippen LogP contribution in [0.4, 0.5) is 0 Å². The van der Waals surface area contributed by atoms with Crippen LogP contribution in [0.25, 0.3) is 0 Å². The van der Waals surface area contributed by atoms with Gasteiger partial charge in [0, 0.05) is 26.7 Å². The summed E-state index contributed by atoms with van der Waals surface area (Å²) in [6, 6.07) is 6.80. The molecule has 0 saturated heterocycles. The molecular formula is C16H28N4O3S.